The summed E-state index contributed by atoms with van der Waals surface area (Å²) in [6.45, 7) is 5.96. The Kier molecular flexibility index (Phi) is 4.43. The molecule has 0 atom stereocenters. The molecule has 1 N–H and O–H groups in total. The minimum atomic E-state index is 0.600. The average Bonchev–Trinajstić information content (AvgIpc) is 2.96. The summed E-state index contributed by atoms with van der Waals surface area (Å²) in [5.74, 6) is 2.65. The number of aromatic amines is 1. The van der Waals surface area contributed by atoms with Gasteiger partial charge in [-0.2, -0.15) is 0 Å². The predicted octanol–water partition coefficient (Wildman–Crippen LogP) is 4.19. The van der Waals surface area contributed by atoms with E-state index in [0.717, 1.165) is 62.0 Å². The molecule has 0 aliphatic carbocycles. The number of ether oxygens (including phenoxy) is 1. The van der Waals surface area contributed by atoms with Crippen molar-refractivity contribution in [1.82, 2.24) is 24.9 Å². The van der Waals surface area contributed by atoms with Crippen molar-refractivity contribution in [1.29, 1.82) is 0 Å². The number of fused-ring (bicyclic) bond motifs is 2. The zero-order valence-electron chi connectivity index (χ0n) is 16.1. The summed E-state index contributed by atoms with van der Waals surface area (Å²) in [5, 5.41) is 0. The zero-order valence-corrected chi connectivity index (χ0v) is 17.7. The van der Waals surface area contributed by atoms with Gasteiger partial charge in [0, 0.05) is 23.9 Å². The van der Waals surface area contributed by atoms with Gasteiger partial charge in [-0.05, 0) is 53.5 Å². The van der Waals surface area contributed by atoms with Crippen LogP contribution in [0.4, 0.5) is 5.82 Å². The van der Waals surface area contributed by atoms with E-state index in [4.69, 9.17) is 4.74 Å². The first kappa shape index (κ1) is 18.1. The molecular formula is C21H19BrN6O. The van der Waals surface area contributed by atoms with E-state index in [2.05, 4.69) is 63.9 Å². The van der Waals surface area contributed by atoms with Crippen molar-refractivity contribution in [2.45, 2.75) is 20.4 Å². The molecule has 1 aromatic carbocycles. The quantitative estimate of drug-likeness (QED) is 0.492. The summed E-state index contributed by atoms with van der Waals surface area (Å²) in [7, 11) is 0. The van der Waals surface area contributed by atoms with Crippen LogP contribution >= 0.6 is 15.9 Å². The Bertz CT molecular complexity index is 1220. The van der Waals surface area contributed by atoms with Gasteiger partial charge in [-0.15, -0.1) is 0 Å². The lowest BCUT2D eigenvalue weighted by Gasteiger charge is -2.22. The minimum Gasteiger partial charge on any atom is -0.491 e. The van der Waals surface area contributed by atoms with Gasteiger partial charge in [0.05, 0.1) is 22.2 Å². The number of hydrogen-bond donors (Lipinski definition) is 1. The van der Waals surface area contributed by atoms with Crippen LogP contribution in [0, 0.1) is 13.8 Å². The molecular weight excluding hydrogens is 432 g/mol. The smallest absolute Gasteiger partial charge is 0.177 e. The number of aryl methyl sites for hydroxylation is 2. The number of pyridine rings is 1. The molecule has 0 fully saturated rings. The Morgan fingerprint density at radius 1 is 1.10 bits per heavy atom. The number of nitrogens with one attached hydrogen (secondary N) is 1. The molecule has 0 radical (unpaired) electrons. The number of rotatable bonds is 2. The third kappa shape index (κ3) is 3.33. The molecule has 1 aliphatic rings. The second-order valence-corrected chi connectivity index (χ2v) is 7.90. The largest absolute Gasteiger partial charge is 0.491 e. The van der Waals surface area contributed by atoms with Crippen molar-refractivity contribution in [3.63, 3.8) is 0 Å². The normalized spacial score (nSPS) is 13.8. The Morgan fingerprint density at radius 2 is 2.00 bits per heavy atom. The number of H-pyrrole nitrogens is 1. The average molecular weight is 451 g/mol. The summed E-state index contributed by atoms with van der Waals surface area (Å²) < 4.78 is 6.92. The molecule has 3 aromatic heterocycles. The van der Waals surface area contributed by atoms with Crippen molar-refractivity contribution < 1.29 is 4.74 Å². The second kappa shape index (κ2) is 7.11. The predicted molar refractivity (Wildman–Crippen MR) is 115 cm³/mol. The van der Waals surface area contributed by atoms with Crippen LogP contribution < -0.4 is 9.64 Å². The Morgan fingerprint density at radius 3 is 2.90 bits per heavy atom. The van der Waals surface area contributed by atoms with Crippen LogP contribution in [0.5, 0.6) is 5.75 Å². The van der Waals surface area contributed by atoms with Gasteiger partial charge in [0.1, 0.15) is 30.3 Å². The lowest BCUT2D eigenvalue weighted by atomic mass is 10.0. The van der Waals surface area contributed by atoms with Crippen molar-refractivity contribution in [2.75, 3.05) is 18.1 Å². The van der Waals surface area contributed by atoms with Crippen molar-refractivity contribution >= 4 is 32.9 Å². The van der Waals surface area contributed by atoms with Crippen LogP contribution in [0.15, 0.2) is 41.3 Å². The summed E-state index contributed by atoms with van der Waals surface area (Å²) in [4.78, 5) is 23.1. The van der Waals surface area contributed by atoms with Gasteiger partial charge in [-0.25, -0.2) is 19.9 Å². The van der Waals surface area contributed by atoms with Gasteiger partial charge in [-0.3, -0.25) is 0 Å². The SMILES string of the molecule is Cc1nc2ncc(-c3ccc4c(c3)CN(c3ncnc(C)c3Br)CCO4)cc2[nH]1. The summed E-state index contributed by atoms with van der Waals surface area (Å²) >= 11 is 3.63. The monoisotopic (exact) mass is 450 g/mol. The van der Waals surface area contributed by atoms with Gasteiger partial charge in [-0.1, -0.05) is 6.07 Å². The maximum absolute atomic E-state index is 6.00. The second-order valence-electron chi connectivity index (χ2n) is 7.11. The van der Waals surface area contributed by atoms with Crippen LogP contribution in [0.25, 0.3) is 22.3 Å². The van der Waals surface area contributed by atoms with E-state index < -0.39 is 0 Å². The molecule has 0 amide bonds. The first-order chi connectivity index (χ1) is 14.1. The highest BCUT2D eigenvalue weighted by molar-refractivity contribution is 9.10. The fraction of sp³-hybridized carbons (Fsp3) is 0.238. The maximum atomic E-state index is 6.00. The number of benzene rings is 1. The summed E-state index contributed by atoms with van der Waals surface area (Å²) in [6, 6.07) is 8.37. The minimum absolute atomic E-state index is 0.600. The van der Waals surface area contributed by atoms with Gasteiger partial charge in [0.25, 0.3) is 0 Å². The molecule has 146 valence electrons. The van der Waals surface area contributed by atoms with Crippen LogP contribution in [-0.4, -0.2) is 38.1 Å². The number of hydrogen-bond acceptors (Lipinski definition) is 6. The van der Waals surface area contributed by atoms with Crippen molar-refractivity contribution in [3.8, 4) is 16.9 Å². The van der Waals surface area contributed by atoms with E-state index in [1.54, 1.807) is 6.33 Å². The Balaban J connectivity index is 1.52. The number of imidazole rings is 1. The summed E-state index contributed by atoms with van der Waals surface area (Å²) in [5.41, 5.74) is 5.84. The van der Waals surface area contributed by atoms with E-state index >= 15 is 0 Å². The maximum Gasteiger partial charge on any atom is 0.177 e. The topological polar surface area (TPSA) is 79.8 Å². The van der Waals surface area contributed by atoms with Crippen LogP contribution in [-0.2, 0) is 6.54 Å². The molecule has 4 heterocycles. The first-order valence-corrected chi connectivity index (χ1v) is 10.2. The molecule has 0 bridgehead atoms. The molecule has 0 saturated carbocycles. The Labute approximate surface area is 176 Å². The van der Waals surface area contributed by atoms with Crippen LogP contribution in [0.3, 0.4) is 0 Å². The molecule has 0 saturated heterocycles. The molecule has 0 spiro atoms. The third-order valence-corrected chi connectivity index (χ3v) is 6.00. The van der Waals surface area contributed by atoms with E-state index in [-0.39, 0.29) is 0 Å². The number of anilines is 1. The molecule has 0 unspecified atom stereocenters. The van der Waals surface area contributed by atoms with Crippen LogP contribution in [0.2, 0.25) is 0 Å². The number of aromatic nitrogens is 5. The van der Waals surface area contributed by atoms with Crippen LogP contribution in [0.1, 0.15) is 17.1 Å². The number of nitrogens with zero attached hydrogens (tertiary/aromatic N) is 5. The van der Waals surface area contributed by atoms with Gasteiger partial charge < -0.3 is 14.6 Å². The standard InChI is InChI=1S/C21H19BrN6O/c1-12-19(22)21(25-11-24-12)28-5-6-29-18-4-3-14(7-16(18)10-28)15-8-17-20(23-9-15)27-13(2)26-17/h3-4,7-9,11H,5-6,10H2,1-2H3,(H,23,26,27). The highest BCUT2D eigenvalue weighted by Crippen LogP contribution is 2.33. The fourth-order valence-corrected chi connectivity index (χ4v) is 4.05. The Hall–Kier alpha value is -3.00. The lowest BCUT2D eigenvalue weighted by molar-refractivity contribution is 0.331. The highest BCUT2D eigenvalue weighted by atomic mass is 79.9. The van der Waals surface area contributed by atoms with E-state index in [1.165, 1.54) is 0 Å². The zero-order chi connectivity index (χ0) is 20.0. The highest BCUT2D eigenvalue weighted by Gasteiger charge is 2.20. The first-order valence-electron chi connectivity index (χ1n) is 9.39. The molecule has 4 aromatic rings. The molecule has 8 heteroatoms. The van der Waals surface area contributed by atoms with Crippen molar-refractivity contribution in [2.24, 2.45) is 0 Å². The molecule has 7 nitrogen and oxygen atoms in total. The van der Waals surface area contributed by atoms with E-state index in [9.17, 15) is 0 Å². The van der Waals surface area contributed by atoms with Gasteiger partial charge in [0.2, 0.25) is 0 Å². The van der Waals surface area contributed by atoms with Gasteiger partial charge >= 0.3 is 0 Å². The number of halogens is 1. The van der Waals surface area contributed by atoms with E-state index in [1.807, 2.05) is 26.1 Å². The molecule has 1 aliphatic heterocycles. The van der Waals surface area contributed by atoms with Crippen molar-refractivity contribution in [3.05, 3.63) is 58.3 Å². The fourth-order valence-electron chi connectivity index (χ4n) is 3.60. The molecule has 29 heavy (non-hydrogen) atoms. The van der Waals surface area contributed by atoms with E-state index in [0.29, 0.717) is 13.2 Å². The summed E-state index contributed by atoms with van der Waals surface area (Å²) in [6.07, 6.45) is 3.47. The molecule has 5 rings (SSSR count). The lowest BCUT2D eigenvalue weighted by Crippen LogP contribution is -2.26. The van der Waals surface area contributed by atoms with Gasteiger partial charge in [0.15, 0.2) is 5.65 Å². The third-order valence-electron chi connectivity index (χ3n) is 5.07.